The summed E-state index contributed by atoms with van der Waals surface area (Å²) in [6.45, 7) is 23.4. The maximum atomic E-state index is 2.36. The monoisotopic (exact) mass is 364 g/mol. The first kappa shape index (κ1) is 21.7. The van der Waals surface area contributed by atoms with Crippen molar-refractivity contribution in [3.63, 3.8) is 0 Å². The van der Waals surface area contributed by atoms with Crippen LogP contribution in [0.25, 0.3) is 0 Å². The zero-order valence-corrected chi connectivity index (χ0v) is 19.3. The van der Waals surface area contributed by atoms with Gasteiger partial charge in [-0.2, -0.15) is 0 Å². The van der Waals surface area contributed by atoms with Crippen LogP contribution in [0, 0.1) is 0 Å². The molecule has 2 aromatic rings. The van der Waals surface area contributed by atoms with E-state index in [1.54, 1.807) is 5.56 Å². The largest absolute Gasteiger partial charge is 0.0645 e. The van der Waals surface area contributed by atoms with Crippen molar-refractivity contribution in [1.82, 2.24) is 0 Å². The van der Waals surface area contributed by atoms with Crippen molar-refractivity contribution < 1.29 is 0 Å². The average Bonchev–Trinajstić information content (AvgIpc) is 2.53. The topological polar surface area (TPSA) is 0 Å². The smallest absolute Gasteiger partial charge is 0.00955 e. The Morgan fingerprint density at radius 1 is 0.593 bits per heavy atom. The Kier molecular flexibility index (Phi) is 6.00. The fourth-order valence-electron chi connectivity index (χ4n) is 4.31. The highest BCUT2D eigenvalue weighted by Gasteiger charge is 2.31. The highest BCUT2D eigenvalue weighted by Crippen LogP contribution is 2.44. The molecule has 0 aliphatic heterocycles. The molecule has 0 aliphatic carbocycles. The minimum atomic E-state index is 0.126. The van der Waals surface area contributed by atoms with Crippen LogP contribution >= 0.6 is 0 Å². The molecule has 1 unspecified atom stereocenters. The van der Waals surface area contributed by atoms with Crippen molar-refractivity contribution >= 4 is 0 Å². The average molecular weight is 365 g/mol. The Morgan fingerprint density at radius 2 is 1.00 bits per heavy atom. The predicted molar refractivity (Wildman–Crippen MR) is 121 cm³/mol. The molecule has 2 aromatic carbocycles. The summed E-state index contributed by atoms with van der Waals surface area (Å²) < 4.78 is 0. The van der Waals surface area contributed by atoms with Crippen molar-refractivity contribution in [2.24, 2.45) is 0 Å². The van der Waals surface area contributed by atoms with Crippen LogP contribution in [0.2, 0.25) is 0 Å². The minimum absolute atomic E-state index is 0.126. The lowest BCUT2D eigenvalue weighted by Gasteiger charge is -2.35. The van der Waals surface area contributed by atoms with E-state index in [4.69, 9.17) is 0 Å². The minimum Gasteiger partial charge on any atom is -0.0645 e. The second-order valence-corrected chi connectivity index (χ2v) is 11.1. The highest BCUT2D eigenvalue weighted by atomic mass is 14.4. The molecule has 0 nitrogen and oxygen atoms in total. The molecule has 2 rings (SSSR count). The maximum absolute atomic E-state index is 2.36. The lowest BCUT2D eigenvalue weighted by atomic mass is 9.69. The van der Waals surface area contributed by atoms with Crippen molar-refractivity contribution in [1.29, 1.82) is 0 Å². The van der Waals surface area contributed by atoms with Gasteiger partial charge in [0.1, 0.15) is 0 Å². The first-order valence-corrected chi connectivity index (χ1v) is 10.5. The molecule has 0 N–H and O–H groups in total. The van der Waals surface area contributed by atoms with Gasteiger partial charge in [0.15, 0.2) is 0 Å². The molecule has 0 radical (unpaired) electrons. The zero-order chi connectivity index (χ0) is 20.6. The quantitative estimate of drug-likeness (QED) is 0.516. The highest BCUT2D eigenvalue weighted by molar-refractivity contribution is 5.51. The molecule has 0 saturated carbocycles. The zero-order valence-electron chi connectivity index (χ0n) is 19.3. The van der Waals surface area contributed by atoms with E-state index in [2.05, 4.69) is 112 Å². The van der Waals surface area contributed by atoms with E-state index in [-0.39, 0.29) is 16.2 Å². The molecule has 0 amide bonds. The Balaban J connectivity index is 2.87. The second kappa shape index (κ2) is 7.46. The third kappa shape index (κ3) is 4.65. The summed E-state index contributed by atoms with van der Waals surface area (Å²) in [5.74, 6) is 0.421. The van der Waals surface area contributed by atoms with Gasteiger partial charge in [-0.3, -0.25) is 0 Å². The Hall–Kier alpha value is -1.56. The summed E-state index contributed by atoms with van der Waals surface area (Å²) in [7, 11) is 0. The van der Waals surface area contributed by atoms with Gasteiger partial charge in [-0.15, -0.1) is 0 Å². The molecule has 0 aromatic heterocycles. The van der Waals surface area contributed by atoms with Crippen LogP contribution in [0.1, 0.15) is 109 Å². The van der Waals surface area contributed by atoms with Crippen LogP contribution in [-0.4, -0.2) is 0 Å². The molecule has 0 fully saturated rings. The van der Waals surface area contributed by atoms with Crippen LogP contribution in [0.5, 0.6) is 0 Å². The number of rotatable bonds is 3. The SMILES string of the molecule is CCC(c1ccccc1C(C)(C)C)c1c(C(C)(C)C)cccc1C(C)(C)C. The lowest BCUT2D eigenvalue weighted by Crippen LogP contribution is -2.24. The Bertz CT molecular complexity index is 741. The number of benzene rings is 2. The van der Waals surface area contributed by atoms with Gasteiger partial charge in [-0.05, 0) is 50.5 Å². The van der Waals surface area contributed by atoms with Crippen LogP contribution in [-0.2, 0) is 16.2 Å². The predicted octanol–water partition coefficient (Wildman–Crippen LogP) is 8.12. The van der Waals surface area contributed by atoms with E-state index in [0.717, 1.165) is 6.42 Å². The first-order chi connectivity index (χ1) is 12.3. The van der Waals surface area contributed by atoms with Crippen LogP contribution in [0.3, 0.4) is 0 Å². The molecular formula is C27H40. The van der Waals surface area contributed by atoms with E-state index < -0.39 is 0 Å². The third-order valence-corrected chi connectivity index (χ3v) is 5.62. The van der Waals surface area contributed by atoms with Crippen LogP contribution < -0.4 is 0 Å². The van der Waals surface area contributed by atoms with Gasteiger partial charge in [0.05, 0.1) is 0 Å². The van der Waals surface area contributed by atoms with Crippen molar-refractivity contribution in [2.45, 2.75) is 97.8 Å². The van der Waals surface area contributed by atoms with E-state index in [0.29, 0.717) is 5.92 Å². The fourth-order valence-corrected chi connectivity index (χ4v) is 4.31. The Labute approximate surface area is 168 Å². The second-order valence-electron chi connectivity index (χ2n) is 11.1. The normalized spacial score (nSPS) is 14.3. The molecule has 0 heteroatoms. The van der Waals surface area contributed by atoms with E-state index >= 15 is 0 Å². The third-order valence-electron chi connectivity index (χ3n) is 5.62. The van der Waals surface area contributed by atoms with Gasteiger partial charge < -0.3 is 0 Å². The van der Waals surface area contributed by atoms with Crippen molar-refractivity contribution in [2.75, 3.05) is 0 Å². The van der Waals surface area contributed by atoms with E-state index in [1.807, 2.05) is 0 Å². The summed E-state index contributed by atoms with van der Waals surface area (Å²) in [5.41, 5.74) is 7.90. The van der Waals surface area contributed by atoms with Gasteiger partial charge >= 0.3 is 0 Å². The van der Waals surface area contributed by atoms with Gasteiger partial charge in [-0.1, -0.05) is 112 Å². The summed E-state index contributed by atoms with van der Waals surface area (Å²) in [6, 6.07) is 16.1. The maximum Gasteiger partial charge on any atom is 0.00955 e. The van der Waals surface area contributed by atoms with Crippen molar-refractivity contribution in [3.05, 3.63) is 70.3 Å². The molecule has 1 atom stereocenters. The summed E-state index contributed by atoms with van der Waals surface area (Å²) in [4.78, 5) is 0. The molecule has 0 bridgehead atoms. The summed E-state index contributed by atoms with van der Waals surface area (Å²) in [5, 5.41) is 0. The molecule has 27 heavy (non-hydrogen) atoms. The molecule has 0 spiro atoms. The number of hydrogen-bond donors (Lipinski definition) is 0. The molecule has 0 aliphatic rings. The van der Waals surface area contributed by atoms with Gasteiger partial charge in [0.25, 0.3) is 0 Å². The molecule has 0 saturated heterocycles. The summed E-state index contributed by atoms with van der Waals surface area (Å²) in [6.07, 6.45) is 1.11. The first-order valence-electron chi connectivity index (χ1n) is 10.5. The lowest BCUT2D eigenvalue weighted by molar-refractivity contribution is 0.536. The van der Waals surface area contributed by atoms with Crippen LogP contribution in [0.15, 0.2) is 42.5 Å². The molecule has 148 valence electrons. The van der Waals surface area contributed by atoms with Gasteiger partial charge in [-0.25, -0.2) is 0 Å². The van der Waals surface area contributed by atoms with Gasteiger partial charge in [0, 0.05) is 5.92 Å². The van der Waals surface area contributed by atoms with E-state index in [9.17, 15) is 0 Å². The van der Waals surface area contributed by atoms with E-state index in [1.165, 1.54) is 22.3 Å². The Morgan fingerprint density at radius 3 is 1.41 bits per heavy atom. The fraction of sp³-hybridized carbons (Fsp3) is 0.556. The molecule has 0 heterocycles. The summed E-state index contributed by atoms with van der Waals surface area (Å²) >= 11 is 0. The van der Waals surface area contributed by atoms with Gasteiger partial charge in [0.2, 0.25) is 0 Å². The number of hydrogen-bond acceptors (Lipinski definition) is 0. The van der Waals surface area contributed by atoms with Crippen molar-refractivity contribution in [3.8, 4) is 0 Å². The molecular weight excluding hydrogens is 324 g/mol. The standard InChI is InChI=1S/C27H40/c1-11-19(20-15-12-13-16-21(20)25(2,3)4)24-22(26(5,6)7)17-14-18-23(24)27(8,9)10/h12-19H,11H2,1-10H3. The van der Waals surface area contributed by atoms with Crippen LogP contribution in [0.4, 0.5) is 0 Å².